The molecule has 0 aliphatic carbocycles. The number of carbonyl (C=O) groups excluding carboxylic acids is 1. The molecule has 1 amide bonds. The summed E-state index contributed by atoms with van der Waals surface area (Å²) in [6.45, 7) is 5.69. The van der Waals surface area contributed by atoms with Crippen LogP contribution in [0.2, 0.25) is 0 Å². The number of rotatable bonds is 9. The van der Waals surface area contributed by atoms with Crippen LogP contribution in [0.3, 0.4) is 0 Å². The monoisotopic (exact) mass is 500 g/mol. The zero-order valence-electron chi connectivity index (χ0n) is 19.7. The van der Waals surface area contributed by atoms with E-state index in [2.05, 4.69) is 10.0 Å². The highest BCUT2D eigenvalue weighted by molar-refractivity contribution is 8.00. The molecule has 0 radical (unpaired) electrons. The molecule has 3 rings (SSSR count). The van der Waals surface area contributed by atoms with Crippen LogP contribution in [0.4, 0.5) is 11.4 Å². The van der Waals surface area contributed by atoms with Crippen molar-refractivity contribution in [2.75, 3.05) is 24.3 Å². The van der Waals surface area contributed by atoms with Gasteiger partial charge in [-0.1, -0.05) is 6.07 Å². The van der Waals surface area contributed by atoms with E-state index in [1.807, 2.05) is 32.0 Å². The van der Waals surface area contributed by atoms with Crippen LogP contribution in [-0.2, 0) is 14.8 Å². The first-order valence-electron chi connectivity index (χ1n) is 10.5. The van der Waals surface area contributed by atoms with Gasteiger partial charge >= 0.3 is 0 Å². The predicted octanol–water partition coefficient (Wildman–Crippen LogP) is 5.24. The Hall–Kier alpha value is -3.17. The summed E-state index contributed by atoms with van der Waals surface area (Å²) in [5.74, 6) is 1.00. The van der Waals surface area contributed by atoms with Crippen molar-refractivity contribution in [3.63, 3.8) is 0 Å². The Morgan fingerprint density at radius 1 is 0.853 bits per heavy atom. The molecule has 7 nitrogen and oxygen atoms in total. The molecule has 3 aromatic rings. The average Bonchev–Trinajstić information content (AvgIpc) is 2.81. The molecule has 2 N–H and O–H groups in total. The zero-order chi connectivity index (χ0) is 24.9. The fourth-order valence-electron chi connectivity index (χ4n) is 3.13. The number of hydrogen-bond acceptors (Lipinski definition) is 6. The lowest BCUT2D eigenvalue weighted by Crippen LogP contribution is -2.22. The standard InChI is InChI=1S/C25H28N2O5S2/c1-16-6-7-20(14-17(16)2)27-34(29,30)22-11-8-19(9-12-22)26-25(28)18(3)33-21-10-13-23(31-4)24(15-21)32-5/h6-15,18,27H,1-5H3,(H,26,28). The summed E-state index contributed by atoms with van der Waals surface area (Å²) in [5, 5.41) is 2.43. The minimum atomic E-state index is -3.75. The van der Waals surface area contributed by atoms with Crippen molar-refractivity contribution < 1.29 is 22.7 Å². The second-order valence-electron chi connectivity index (χ2n) is 7.70. The molecule has 0 spiro atoms. The molecule has 0 heterocycles. The van der Waals surface area contributed by atoms with Gasteiger partial charge < -0.3 is 14.8 Å². The van der Waals surface area contributed by atoms with E-state index in [0.29, 0.717) is 22.9 Å². The van der Waals surface area contributed by atoms with E-state index in [0.717, 1.165) is 16.0 Å². The topological polar surface area (TPSA) is 93.7 Å². The summed E-state index contributed by atoms with van der Waals surface area (Å²) in [4.78, 5) is 13.6. The Morgan fingerprint density at radius 3 is 2.12 bits per heavy atom. The summed E-state index contributed by atoms with van der Waals surface area (Å²) in [6, 6.07) is 16.9. The lowest BCUT2D eigenvalue weighted by atomic mass is 10.1. The van der Waals surface area contributed by atoms with Crippen LogP contribution in [0.25, 0.3) is 0 Å². The van der Waals surface area contributed by atoms with Crippen LogP contribution in [0, 0.1) is 13.8 Å². The molecule has 180 valence electrons. The van der Waals surface area contributed by atoms with Crippen molar-refractivity contribution >= 4 is 39.1 Å². The second-order valence-corrected chi connectivity index (χ2v) is 10.8. The summed E-state index contributed by atoms with van der Waals surface area (Å²) in [6.07, 6.45) is 0. The van der Waals surface area contributed by atoms with Gasteiger partial charge in [0.15, 0.2) is 11.5 Å². The molecular weight excluding hydrogens is 472 g/mol. The molecule has 0 aliphatic rings. The Kier molecular flexibility index (Phi) is 8.11. The molecule has 0 aromatic heterocycles. The van der Waals surface area contributed by atoms with Gasteiger partial charge in [-0.25, -0.2) is 8.42 Å². The van der Waals surface area contributed by atoms with E-state index in [1.165, 1.54) is 23.9 Å². The lowest BCUT2D eigenvalue weighted by Gasteiger charge is -2.14. The van der Waals surface area contributed by atoms with Crippen molar-refractivity contribution in [3.05, 3.63) is 71.8 Å². The fourth-order valence-corrected chi connectivity index (χ4v) is 5.07. The third-order valence-electron chi connectivity index (χ3n) is 5.23. The molecule has 34 heavy (non-hydrogen) atoms. The molecule has 9 heteroatoms. The Bertz CT molecular complexity index is 1270. The number of hydrogen-bond donors (Lipinski definition) is 2. The van der Waals surface area contributed by atoms with E-state index in [1.54, 1.807) is 51.5 Å². The Balaban J connectivity index is 1.64. The van der Waals surface area contributed by atoms with E-state index in [4.69, 9.17) is 9.47 Å². The van der Waals surface area contributed by atoms with Crippen LogP contribution in [0.5, 0.6) is 11.5 Å². The van der Waals surface area contributed by atoms with Crippen molar-refractivity contribution in [1.29, 1.82) is 0 Å². The normalized spacial score (nSPS) is 12.0. The SMILES string of the molecule is COc1ccc(SC(C)C(=O)Nc2ccc(S(=O)(=O)Nc3ccc(C)c(C)c3)cc2)cc1OC. The molecule has 0 fully saturated rings. The number of methoxy groups -OCH3 is 2. The summed E-state index contributed by atoms with van der Waals surface area (Å²) in [7, 11) is -0.621. The van der Waals surface area contributed by atoms with E-state index in [9.17, 15) is 13.2 Å². The number of carbonyl (C=O) groups is 1. The molecule has 0 bridgehead atoms. The van der Waals surface area contributed by atoms with Gasteiger partial charge in [-0.2, -0.15) is 0 Å². The van der Waals surface area contributed by atoms with Gasteiger partial charge in [0.25, 0.3) is 10.0 Å². The van der Waals surface area contributed by atoms with Crippen molar-refractivity contribution in [2.45, 2.75) is 35.8 Å². The minimum absolute atomic E-state index is 0.108. The smallest absolute Gasteiger partial charge is 0.261 e. The molecule has 0 saturated heterocycles. The van der Waals surface area contributed by atoms with Crippen LogP contribution in [0.1, 0.15) is 18.1 Å². The zero-order valence-corrected chi connectivity index (χ0v) is 21.3. The second kappa shape index (κ2) is 10.8. The first-order valence-corrected chi connectivity index (χ1v) is 12.9. The maximum absolute atomic E-state index is 12.7. The maximum Gasteiger partial charge on any atom is 0.261 e. The van der Waals surface area contributed by atoms with Crippen molar-refractivity contribution in [2.24, 2.45) is 0 Å². The van der Waals surface area contributed by atoms with Crippen molar-refractivity contribution in [3.8, 4) is 11.5 Å². The van der Waals surface area contributed by atoms with Crippen LogP contribution in [0.15, 0.2) is 70.5 Å². The number of amides is 1. The highest BCUT2D eigenvalue weighted by Gasteiger charge is 2.18. The summed E-state index contributed by atoms with van der Waals surface area (Å²) >= 11 is 1.38. The fraction of sp³-hybridized carbons (Fsp3) is 0.240. The van der Waals surface area contributed by atoms with Crippen LogP contribution >= 0.6 is 11.8 Å². The Labute approximate surface area is 204 Å². The number of ether oxygens (including phenoxy) is 2. The van der Waals surface area contributed by atoms with E-state index < -0.39 is 15.3 Å². The van der Waals surface area contributed by atoms with Gasteiger partial charge in [-0.3, -0.25) is 9.52 Å². The quantitative estimate of drug-likeness (QED) is 0.390. The largest absolute Gasteiger partial charge is 0.493 e. The number of nitrogens with one attached hydrogen (secondary N) is 2. The summed E-state index contributed by atoms with van der Waals surface area (Å²) < 4.78 is 38.6. The molecule has 1 unspecified atom stereocenters. The Morgan fingerprint density at radius 2 is 1.50 bits per heavy atom. The average molecular weight is 501 g/mol. The third-order valence-corrected chi connectivity index (χ3v) is 7.72. The van der Waals surface area contributed by atoms with Gasteiger partial charge in [-0.15, -0.1) is 11.8 Å². The number of anilines is 2. The van der Waals surface area contributed by atoms with Gasteiger partial charge in [0, 0.05) is 16.3 Å². The van der Waals surface area contributed by atoms with E-state index in [-0.39, 0.29) is 10.8 Å². The molecule has 0 saturated carbocycles. The first-order chi connectivity index (χ1) is 16.1. The number of benzene rings is 3. The van der Waals surface area contributed by atoms with Crippen molar-refractivity contribution in [1.82, 2.24) is 0 Å². The summed E-state index contributed by atoms with van der Waals surface area (Å²) in [5.41, 5.74) is 3.09. The lowest BCUT2D eigenvalue weighted by molar-refractivity contribution is -0.115. The molecule has 3 aromatic carbocycles. The molecular formula is C25H28N2O5S2. The van der Waals surface area contributed by atoms with Gasteiger partial charge in [0.1, 0.15) is 0 Å². The molecule has 0 aliphatic heterocycles. The number of thioether (sulfide) groups is 1. The van der Waals surface area contributed by atoms with Gasteiger partial charge in [-0.05, 0) is 86.5 Å². The van der Waals surface area contributed by atoms with Gasteiger partial charge in [0.05, 0.1) is 24.4 Å². The molecule has 1 atom stereocenters. The minimum Gasteiger partial charge on any atom is -0.493 e. The number of sulfonamides is 1. The number of aryl methyl sites for hydroxylation is 2. The van der Waals surface area contributed by atoms with Gasteiger partial charge in [0.2, 0.25) is 5.91 Å². The predicted molar refractivity (Wildman–Crippen MR) is 137 cm³/mol. The first kappa shape index (κ1) is 25.5. The third kappa shape index (κ3) is 6.24. The maximum atomic E-state index is 12.7. The van der Waals surface area contributed by atoms with Crippen LogP contribution in [-0.4, -0.2) is 33.8 Å². The van der Waals surface area contributed by atoms with E-state index >= 15 is 0 Å². The highest BCUT2D eigenvalue weighted by Crippen LogP contribution is 2.33. The highest BCUT2D eigenvalue weighted by atomic mass is 32.2. The van der Waals surface area contributed by atoms with Crippen LogP contribution < -0.4 is 19.5 Å².